The van der Waals surface area contributed by atoms with Crippen molar-refractivity contribution in [2.75, 3.05) is 0 Å². The van der Waals surface area contributed by atoms with E-state index in [1.807, 2.05) is 66.9 Å². The number of aromatic carboxylic acids is 1. The van der Waals surface area contributed by atoms with Crippen molar-refractivity contribution in [1.29, 1.82) is 0 Å². The number of hydrogen-bond acceptors (Lipinski definition) is 3. The van der Waals surface area contributed by atoms with Crippen LogP contribution in [-0.4, -0.2) is 15.6 Å². The van der Waals surface area contributed by atoms with Gasteiger partial charge in [-0.1, -0.05) is 49.1 Å². The van der Waals surface area contributed by atoms with Crippen LogP contribution in [0.4, 0.5) is 0 Å². The van der Waals surface area contributed by atoms with Gasteiger partial charge in [0.1, 0.15) is 17.2 Å². The predicted molar refractivity (Wildman–Crippen MR) is 123 cm³/mol. The van der Waals surface area contributed by atoms with Gasteiger partial charge in [-0.3, -0.25) is 0 Å². The Labute approximate surface area is 181 Å². The molecule has 0 saturated heterocycles. The Morgan fingerprint density at radius 2 is 1.87 bits per heavy atom. The first-order valence-corrected chi connectivity index (χ1v) is 10.3. The zero-order chi connectivity index (χ0) is 22.0. The highest BCUT2D eigenvalue weighted by molar-refractivity contribution is 5.98. The van der Waals surface area contributed by atoms with Crippen molar-refractivity contribution >= 4 is 22.9 Å². The zero-order valence-electron chi connectivity index (χ0n) is 17.8. The summed E-state index contributed by atoms with van der Waals surface area (Å²) in [4.78, 5) is 12.3. The van der Waals surface area contributed by atoms with E-state index in [1.165, 1.54) is 0 Å². The van der Waals surface area contributed by atoms with Gasteiger partial charge in [0.15, 0.2) is 0 Å². The number of carbonyl (C=O) groups is 1. The minimum absolute atomic E-state index is 0.316. The maximum absolute atomic E-state index is 12.3. The van der Waals surface area contributed by atoms with Gasteiger partial charge in [-0.05, 0) is 48.7 Å². The highest BCUT2D eigenvalue weighted by Crippen LogP contribution is 2.29. The number of nitrogens with one attached hydrogen (secondary N) is 1. The summed E-state index contributed by atoms with van der Waals surface area (Å²) in [7, 11) is 0. The number of benzene rings is 2. The molecule has 5 nitrogen and oxygen atoms in total. The van der Waals surface area contributed by atoms with Crippen molar-refractivity contribution in [1.82, 2.24) is 9.88 Å². The highest BCUT2D eigenvalue weighted by atomic mass is 16.4. The van der Waals surface area contributed by atoms with Crippen LogP contribution in [0.5, 0.6) is 0 Å². The first kappa shape index (κ1) is 20.7. The Kier molecular flexibility index (Phi) is 5.78. The predicted octanol–water partition coefficient (Wildman–Crippen LogP) is 5.53. The van der Waals surface area contributed by atoms with Gasteiger partial charge in [-0.25, -0.2) is 4.79 Å². The lowest BCUT2D eigenvalue weighted by Gasteiger charge is -2.10. The highest BCUT2D eigenvalue weighted by Gasteiger charge is 2.22. The van der Waals surface area contributed by atoms with Crippen LogP contribution in [0.1, 0.15) is 44.3 Å². The average Bonchev–Trinajstić information content (AvgIpc) is 3.29. The van der Waals surface area contributed by atoms with Gasteiger partial charge in [0.05, 0.1) is 6.54 Å². The van der Waals surface area contributed by atoms with Crippen LogP contribution in [-0.2, 0) is 19.6 Å². The normalized spacial score (nSPS) is 11.2. The number of aryl methyl sites for hydroxylation is 2. The van der Waals surface area contributed by atoms with Crippen LogP contribution in [0.3, 0.4) is 0 Å². The molecule has 0 saturated carbocycles. The van der Waals surface area contributed by atoms with E-state index >= 15 is 0 Å². The van der Waals surface area contributed by atoms with Gasteiger partial charge in [0.2, 0.25) is 0 Å². The summed E-state index contributed by atoms with van der Waals surface area (Å²) < 4.78 is 7.52. The second kappa shape index (κ2) is 8.66. The SMILES string of the molecule is C=Cc1ccc(Cn2c(C(=O)O)c(CNCc3ccc(C)o3)c3ccc(C)cc32)cc1. The Balaban J connectivity index is 1.72. The lowest BCUT2D eigenvalue weighted by Crippen LogP contribution is -2.17. The van der Waals surface area contributed by atoms with Crippen LogP contribution in [0.15, 0.2) is 65.6 Å². The van der Waals surface area contributed by atoms with E-state index in [4.69, 9.17) is 4.42 Å². The van der Waals surface area contributed by atoms with Crippen molar-refractivity contribution in [2.24, 2.45) is 0 Å². The molecule has 2 heterocycles. The summed E-state index contributed by atoms with van der Waals surface area (Å²) in [5.41, 5.74) is 5.20. The summed E-state index contributed by atoms with van der Waals surface area (Å²) in [6.45, 7) is 9.17. The van der Waals surface area contributed by atoms with Crippen molar-refractivity contribution in [2.45, 2.75) is 33.5 Å². The molecule has 0 unspecified atom stereocenters. The molecule has 5 heteroatoms. The van der Waals surface area contributed by atoms with Crippen molar-refractivity contribution in [3.63, 3.8) is 0 Å². The summed E-state index contributed by atoms with van der Waals surface area (Å²) in [6, 6.07) is 18.0. The van der Waals surface area contributed by atoms with Gasteiger partial charge >= 0.3 is 5.97 Å². The van der Waals surface area contributed by atoms with Crippen LogP contribution < -0.4 is 5.32 Å². The molecular formula is C26H26N2O3. The molecule has 2 aromatic carbocycles. The molecule has 0 radical (unpaired) electrons. The number of carboxylic acid groups (broad SMARTS) is 1. The average molecular weight is 415 g/mol. The summed E-state index contributed by atoms with van der Waals surface area (Å²) >= 11 is 0. The Hall–Kier alpha value is -3.57. The maximum Gasteiger partial charge on any atom is 0.352 e. The molecular weight excluding hydrogens is 388 g/mol. The molecule has 0 aliphatic carbocycles. The van der Waals surface area contributed by atoms with E-state index in [0.29, 0.717) is 25.3 Å². The molecule has 0 bridgehead atoms. The maximum atomic E-state index is 12.3. The quantitative estimate of drug-likeness (QED) is 0.398. The topological polar surface area (TPSA) is 67.4 Å². The van der Waals surface area contributed by atoms with E-state index in [2.05, 4.69) is 18.0 Å². The third kappa shape index (κ3) is 4.32. The third-order valence-electron chi connectivity index (χ3n) is 5.48. The zero-order valence-corrected chi connectivity index (χ0v) is 17.8. The smallest absolute Gasteiger partial charge is 0.352 e. The third-order valence-corrected chi connectivity index (χ3v) is 5.48. The van der Waals surface area contributed by atoms with Gasteiger partial charge in [-0.15, -0.1) is 0 Å². The summed E-state index contributed by atoms with van der Waals surface area (Å²) in [5, 5.41) is 14.4. The van der Waals surface area contributed by atoms with Gasteiger partial charge in [-0.2, -0.15) is 0 Å². The van der Waals surface area contributed by atoms with Gasteiger partial charge in [0, 0.05) is 29.6 Å². The molecule has 2 N–H and O–H groups in total. The largest absolute Gasteiger partial charge is 0.477 e. The van der Waals surface area contributed by atoms with E-state index in [1.54, 1.807) is 6.08 Å². The fourth-order valence-electron chi connectivity index (χ4n) is 3.95. The molecule has 158 valence electrons. The molecule has 0 fully saturated rings. The van der Waals surface area contributed by atoms with E-state index in [-0.39, 0.29) is 0 Å². The molecule has 4 rings (SSSR count). The minimum Gasteiger partial charge on any atom is -0.477 e. The van der Waals surface area contributed by atoms with Crippen LogP contribution in [0, 0.1) is 13.8 Å². The second-order valence-corrected chi connectivity index (χ2v) is 7.80. The number of nitrogens with zero attached hydrogens (tertiary/aromatic N) is 1. The first-order chi connectivity index (χ1) is 15.0. The fourth-order valence-corrected chi connectivity index (χ4v) is 3.95. The number of fused-ring (bicyclic) bond motifs is 1. The van der Waals surface area contributed by atoms with Crippen LogP contribution in [0.2, 0.25) is 0 Å². The fraction of sp³-hybridized carbons (Fsp3) is 0.192. The molecule has 0 spiro atoms. The lowest BCUT2D eigenvalue weighted by molar-refractivity contribution is 0.0684. The number of aromatic nitrogens is 1. The van der Waals surface area contributed by atoms with E-state index in [0.717, 1.165) is 44.7 Å². The Bertz CT molecular complexity index is 1250. The van der Waals surface area contributed by atoms with Crippen molar-refractivity contribution in [3.05, 3.63) is 101 Å². The molecule has 0 aliphatic rings. The van der Waals surface area contributed by atoms with Crippen LogP contribution >= 0.6 is 0 Å². The summed E-state index contributed by atoms with van der Waals surface area (Å²) in [5.74, 6) is 0.760. The van der Waals surface area contributed by atoms with E-state index < -0.39 is 5.97 Å². The first-order valence-electron chi connectivity index (χ1n) is 10.3. The van der Waals surface area contributed by atoms with Gasteiger partial charge in [0.25, 0.3) is 0 Å². The second-order valence-electron chi connectivity index (χ2n) is 7.80. The molecule has 31 heavy (non-hydrogen) atoms. The van der Waals surface area contributed by atoms with Crippen molar-refractivity contribution < 1.29 is 14.3 Å². The number of hydrogen-bond donors (Lipinski definition) is 2. The number of carboxylic acids is 1. The number of furan rings is 1. The lowest BCUT2D eigenvalue weighted by atomic mass is 10.1. The molecule has 4 aromatic rings. The minimum atomic E-state index is -0.929. The molecule has 0 amide bonds. The Morgan fingerprint density at radius 3 is 2.52 bits per heavy atom. The van der Waals surface area contributed by atoms with Crippen molar-refractivity contribution in [3.8, 4) is 0 Å². The number of rotatable bonds is 8. The molecule has 0 atom stereocenters. The standard InChI is InChI=1S/C26H26N2O3/c1-4-19-7-9-20(10-8-19)16-28-24-13-17(2)5-12-22(24)23(25(28)26(29)30)15-27-14-21-11-6-18(3)31-21/h4-13,27H,1,14-16H2,2-3H3,(H,29,30). The molecule has 2 aromatic heterocycles. The van der Waals surface area contributed by atoms with Gasteiger partial charge < -0.3 is 19.4 Å². The van der Waals surface area contributed by atoms with Crippen LogP contribution in [0.25, 0.3) is 17.0 Å². The monoisotopic (exact) mass is 414 g/mol. The van der Waals surface area contributed by atoms with E-state index in [9.17, 15) is 9.90 Å². The summed E-state index contributed by atoms with van der Waals surface area (Å²) in [6.07, 6.45) is 1.80. The Morgan fingerprint density at radius 1 is 1.10 bits per heavy atom. The molecule has 0 aliphatic heterocycles.